The Morgan fingerprint density at radius 2 is 2.26 bits per heavy atom. The Bertz CT molecular complexity index is 423. The second-order valence-electron chi connectivity index (χ2n) is 5.56. The van der Waals surface area contributed by atoms with Crippen LogP contribution in [0.25, 0.3) is 0 Å². The smallest absolute Gasteiger partial charge is 0.0576 e. The molecule has 0 aromatic carbocycles. The summed E-state index contributed by atoms with van der Waals surface area (Å²) in [5.41, 5.74) is 6.06. The summed E-state index contributed by atoms with van der Waals surface area (Å²) in [7, 11) is 0. The van der Waals surface area contributed by atoms with Gasteiger partial charge in [0.2, 0.25) is 0 Å². The molecule has 106 valence electrons. The van der Waals surface area contributed by atoms with Gasteiger partial charge in [-0.1, -0.05) is 6.42 Å². The van der Waals surface area contributed by atoms with Gasteiger partial charge in [-0.3, -0.25) is 9.80 Å². The quantitative estimate of drug-likeness (QED) is 0.915. The highest BCUT2D eigenvalue weighted by molar-refractivity contribution is 9.10. The van der Waals surface area contributed by atoms with Crippen LogP contribution in [0.15, 0.2) is 15.9 Å². The van der Waals surface area contributed by atoms with E-state index < -0.39 is 0 Å². The van der Waals surface area contributed by atoms with Gasteiger partial charge in [0.05, 0.1) is 6.04 Å². The van der Waals surface area contributed by atoms with E-state index in [1.165, 1.54) is 48.2 Å². The van der Waals surface area contributed by atoms with Gasteiger partial charge in [-0.15, -0.1) is 11.3 Å². The van der Waals surface area contributed by atoms with E-state index in [1.54, 1.807) is 0 Å². The van der Waals surface area contributed by atoms with Crippen molar-refractivity contribution in [1.82, 2.24) is 9.80 Å². The van der Waals surface area contributed by atoms with Gasteiger partial charge in [0.25, 0.3) is 0 Å². The maximum absolute atomic E-state index is 6.06. The van der Waals surface area contributed by atoms with E-state index in [0.29, 0.717) is 12.6 Å². The fourth-order valence-corrected chi connectivity index (χ4v) is 5.21. The van der Waals surface area contributed by atoms with Crippen molar-refractivity contribution >= 4 is 27.3 Å². The molecule has 0 saturated carbocycles. The average Bonchev–Trinajstić information content (AvgIpc) is 2.86. The van der Waals surface area contributed by atoms with Crippen LogP contribution >= 0.6 is 27.3 Å². The molecule has 2 atom stereocenters. The highest BCUT2D eigenvalue weighted by Crippen LogP contribution is 2.34. The zero-order valence-corrected chi connectivity index (χ0v) is 13.6. The molecule has 3 rings (SSSR count). The summed E-state index contributed by atoms with van der Waals surface area (Å²) in [4.78, 5) is 6.67. The zero-order valence-electron chi connectivity index (χ0n) is 11.2. The molecule has 0 spiro atoms. The zero-order chi connectivity index (χ0) is 13.2. The topological polar surface area (TPSA) is 32.5 Å². The third-order valence-electron chi connectivity index (χ3n) is 4.48. The molecule has 3 nitrogen and oxygen atoms in total. The first-order chi connectivity index (χ1) is 9.29. The first-order valence-electron chi connectivity index (χ1n) is 7.20. The number of rotatable bonds is 3. The van der Waals surface area contributed by atoms with Gasteiger partial charge in [-0.2, -0.15) is 0 Å². The Hall–Kier alpha value is 0.0600. The molecule has 2 unspecified atom stereocenters. The Morgan fingerprint density at radius 3 is 3.00 bits per heavy atom. The summed E-state index contributed by atoms with van der Waals surface area (Å²) in [6, 6.07) is 3.29. The highest BCUT2D eigenvalue weighted by atomic mass is 79.9. The van der Waals surface area contributed by atoms with Gasteiger partial charge in [0, 0.05) is 41.6 Å². The Morgan fingerprint density at radius 1 is 1.37 bits per heavy atom. The number of piperazine rings is 1. The largest absolute Gasteiger partial charge is 0.329 e. The van der Waals surface area contributed by atoms with Crippen molar-refractivity contribution in [2.75, 3.05) is 32.7 Å². The van der Waals surface area contributed by atoms with E-state index in [1.807, 2.05) is 11.3 Å². The number of halogens is 1. The van der Waals surface area contributed by atoms with Crippen molar-refractivity contribution in [2.45, 2.75) is 31.3 Å². The molecule has 3 heterocycles. The summed E-state index contributed by atoms with van der Waals surface area (Å²) in [6.07, 6.45) is 4.14. The molecule has 0 radical (unpaired) electrons. The lowest BCUT2D eigenvalue weighted by Gasteiger charge is -2.46. The standard InChI is InChI=1S/C14H22BrN3S/c15-12-4-8-19-14(12)13(9-16)18-7-6-17-5-2-1-3-11(17)10-18/h4,8,11,13H,1-3,5-7,9-10,16H2. The second kappa shape index (κ2) is 6.22. The van der Waals surface area contributed by atoms with Crippen LogP contribution in [0.3, 0.4) is 0 Å². The van der Waals surface area contributed by atoms with Gasteiger partial charge in [0.15, 0.2) is 0 Å². The maximum atomic E-state index is 6.06. The van der Waals surface area contributed by atoms with Gasteiger partial charge in [-0.25, -0.2) is 0 Å². The summed E-state index contributed by atoms with van der Waals surface area (Å²) < 4.78 is 1.22. The summed E-state index contributed by atoms with van der Waals surface area (Å²) in [5, 5.41) is 2.15. The lowest BCUT2D eigenvalue weighted by atomic mass is 9.98. The van der Waals surface area contributed by atoms with E-state index >= 15 is 0 Å². The van der Waals surface area contributed by atoms with E-state index in [2.05, 4.69) is 37.2 Å². The minimum Gasteiger partial charge on any atom is -0.329 e. The number of piperidine rings is 1. The van der Waals surface area contributed by atoms with E-state index in [4.69, 9.17) is 5.73 Å². The van der Waals surface area contributed by atoms with E-state index in [9.17, 15) is 0 Å². The number of nitrogens with two attached hydrogens (primary N) is 1. The number of hydrogen-bond donors (Lipinski definition) is 1. The summed E-state index contributed by atoms with van der Waals surface area (Å²) >= 11 is 5.48. The molecular weight excluding hydrogens is 322 g/mol. The highest BCUT2D eigenvalue weighted by Gasteiger charge is 2.33. The number of nitrogens with zero attached hydrogens (tertiary/aromatic N) is 2. The predicted octanol–water partition coefficient (Wildman–Crippen LogP) is 2.68. The number of hydrogen-bond acceptors (Lipinski definition) is 4. The molecule has 1 aromatic heterocycles. The van der Waals surface area contributed by atoms with E-state index in [0.717, 1.165) is 12.6 Å². The lowest BCUT2D eigenvalue weighted by molar-refractivity contribution is 0.0292. The van der Waals surface area contributed by atoms with Crippen molar-refractivity contribution in [2.24, 2.45) is 5.73 Å². The molecule has 2 saturated heterocycles. The number of fused-ring (bicyclic) bond motifs is 1. The van der Waals surface area contributed by atoms with Crippen LogP contribution in [-0.2, 0) is 0 Å². The van der Waals surface area contributed by atoms with Gasteiger partial charge in [0.1, 0.15) is 0 Å². The second-order valence-corrected chi connectivity index (χ2v) is 7.37. The van der Waals surface area contributed by atoms with Crippen LogP contribution in [0, 0.1) is 0 Å². The summed E-state index contributed by atoms with van der Waals surface area (Å²) in [5.74, 6) is 0. The van der Waals surface area contributed by atoms with Crippen LogP contribution in [0.4, 0.5) is 0 Å². The third-order valence-corrected chi connectivity index (χ3v) is 6.45. The molecule has 0 bridgehead atoms. The minimum atomic E-state index is 0.387. The monoisotopic (exact) mass is 343 g/mol. The molecule has 2 aliphatic rings. The fourth-order valence-electron chi connectivity index (χ4n) is 3.43. The molecule has 2 fully saturated rings. The lowest BCUT2D eigenvalue weighted by Crippen LogP contribution is -2.56. The van der Waals surface area contributed by atoms with Crippen molar-refractivity contribution < 1.29 is 0 Å². The van der Waals surface area contributed by atoms with Crippen LogP contribution in [0.1, 0.15) is 30.2 Å². The predicted molar refractivity (Wildman–Crippen MR) is 84.6 cm³/mol. The van der Waals surface area contributed by atoms with Crippen molar-refractivity contribution in [3.63, 3.8) is 0 Å². The van der Waals surface area contributed by atoms with Crippen molar-refractivity contribution in [3.8, 4) is 0 Å². The maximum Gasteiger partial charge on any atom is 0.0576 e. The minimum absolute atomic E-state index is 0.387. The van der Waals surface area contributed by atoms with Crippen LogP contribution in [-0.4, -0.2) is 48.6 Å². The Labute approximate surface area is 127 Å². The Balaban J connectivity index is 1.72. The van der Waals surface area contributed by atoms with Crippen molar-refractivity contribution in [3.05, 3.63) is 20.8 Å². The first kappa shape index (κ1) is 14.0. The normalized spacial score (nSPS) is 27.2. The van der Waals surface area contributed by atoms with Gasteiger partial charge >= 0.3 is 0 Å². The van der Waals surface area contributed by atoms with Crippen molar-refractivity contribution in [1.29, 1.82) is 0 Å². The molecule has 1 aromatic rings. The molecule has 0 amide bonds. The van der Waals surface area contributed by atoms with Crippen LogP contribution in [0.2, 0.25) is 0 Å². The SMILES string of the molecule is NCC(c1sccc1Br)N1CCN2CCCCC2C1. The first-order valence-corrected chi connectivity index (χ1v) is 8.88. The molecule has 2 N–H and O–H groups in total. The molecular formula is C14H22BrN3S. The van der Waals surface area contributed by atoms with E-state index in [-0.39, 0.29) is 0 Å². The van der Waals surface area contributed by atoms with Gasteiger partial charge in [-0.05, 0) is 46.8 Å². The molecule has 0 aliphatic carbocycles. The van der Waals surface area contributed by atoms with Crippen LogP contribution in [0.5, 0.6) is 0 Å². The molecule has 2 aliphatic heterocycles. The molecule has 5 heteroatoms. The summed E-state index contributed by atoms with van der Waals surface area (Å²) in [6.45, 7) is 5.57. The van der Waals surface area contributed by atoms with Gasteiger partial charge < -0.3 is 5.73 Å². The van der Waals surface area contributed by atoms with Crippen LogP contribution < -0.4 is 5.73 Å². The Kier molecular flexibility index (Phi) is 4.59. The third kappa shape index (κ3) is 2.90. The molecule has 19 heavy (non-hydrogen) atoms. The average molecular weight is 344 g/mol. The fraction of sp³-hybridized carbons (Fsp3) is 0.714. The number of thiophene rings is 1.